The van der Waals surface area contributed by atoms with Crippen LogP contribution in [0.25, 0.3) is 16.6 Å². The molecule has 24 heavy (non-hydrogen) atoms. The second-order valence-electron chi connectivity index (χ2n) is 6.54. The van der Waals surface area contributed by atoms with Crippen LogP contribution in [0.2, 0.25) is 0 Å². The van der Waals surface area contributed by atoms with Crippen LogP contribution in [-0.2, 0) is 0 Å². The fourth-order valence-electron chi connectivity index (χ4n) is 3.66. The Morgan fingerprint density at radius 2 is 1.96 bits per heavy atom. The number of ether oxygens (including phenoxy) is 1. The summed E-state index contributed by atoms with van der Waals surface area (Å²) in [5, 5.41) is 4.73. The van der Waals surface area contributed by atoms with E-state index in [1.165, 1.54) is 29.3 Å². The zero-order chi connectivity index (χ0) is 16.5. The van der Waals surface area contributed by atoms with Gasteiger partial charge < -0.3 is 14.6 Å². The summed E-state index contributed by atoms with van der Waals surface area (Å²) < 4.78 is 7.52. The van der Waals surface area contributed by atoms with Gasteiger partial charge in [-0.05, 0) is 68.6 Å². The van der Waals surface area contributed by atoms with Crippen molar-refractivity contribution in [3.63, 3.8) is 0 Å². The summed E-state index contributed by atoms with van der Waals surface area (Å²) in [4.78, 5) is 4.38. The van der Waals surface area contributed by atoms with Crippen molar-refractivity contribution in [2.75, 3.05) is 20.2 Å². The molecule has 1 fully saturated rings. The molecular weight excluding hydrogens is 298 g/mol. The second kappa shape index (κ2) is 6.29. The van der Waals surface area contributed by atoms with E-state index in [4.69, 9.17) is 4.74 Å². The highest BCUT2D eigenvalue weighted by atomic mass is 16.5. The Balaban J connectivity index is 1.74. The van der Waals surface area contributed by atoms with Crippen LogP contribution in [0, 0.1) is 6.92 Å². The molecule has 2 aromatic heterocycles. The largest absolute Gasteiger partial charge is 0.481 e. The first-order valence-corrected chi connectivity index (χ1v) is 8.59. The number of piperidine rings is 1. The lowest BCUT2D eigenvalue weighted by atomic mass is 9.90. The third kappa shape index (κ3) is 2.78. The maximum Gasteiger partial charge on any atom is 0.215 e. The summed E-state index contributed by atoms with van der Waals surface area (Å²) in [6, 6.07) is 13.2. The maximum absolute atomic E-state index is 5.31. The van der Waals surface area contributed by atoms with Gasteiger partial charge in [0.15, 0.2) is 0 Å². The van der Waals surface area contributed by atoms with E-state index in [9.17, 15) is 0 Å². The Hall–Kier alpha value is -2.33. The minimum atomic E-state index is 0.651. The number of hydrogen-bond donors (Lipinski definition) is 1. The highest BCUT2D eigenvalue weighted by molar-refractivity contribution is 5.83. The number of nitrogens with one attached hydrogen (secondary N) is 1. The molecule has 0 bridgehead atoms. The van der Waals surface area contributed by atoms with E-state index in [2.05, 4.69) is 51.4 Å². The predicted molar refractivity (Wildman–Crippen MR) is 97.2 cm³/mol. The van der Waals surface area contributed by atoms with Crippen LogP contribution >= 0.6 is 0 Å². The van der Waals surface area contributed by atoms with Crippen molar-refractivity contribution >= 4 is 10.9 Å². The second-order valence-corrected chi connectivity index (χ2v) is 6.54. The SMILES string of the molecule is COc1cc(-n2ccc3cc(C4CCNCC4)ccc32)cc(C)n1. The number of aryl methyl sites for hydroxylation is 1. The molecule has 1 N–H and O–H groups in total. The topological polar surface area (TPSA) is 39.1 Å². The van der Waals surface area contributed by atoms with E-state index < -0.39 is 0 Å². The molecule has 1 aliphatic heterocycles. The van der Waals surface area contributed by atoms with Crippen molar-refractivity contribution in [2.24, 2.45) is 0 Å². The Kier molecular flexibility index (Phi) is 3.98. The first kappa shape index (κ1) is 15.2. The summed E-state index contributed by atoms with van der Waals surface area (Å²) in [6.45, 7) is 4.24. The summed E-state index contributed by atoms with van der Waals surface area (Å²) in [5.74, 6) is 1.33. The van der Waals surface area contributed by atoms with Crippen LogP contribution in [0.15, 0.2) is 42.6 Å². The summed E-state index contributed by atoms with van der Waals surface area (Å²) in [7, 11) is 1.66. The van der Waals surface area contributed by atoms with Gasteiger partial charge in [-0.2, -0.15) is 0 Å². The number of rotatable bonds is 3. The molecular formula is C20H23N3O. The number of pyridine rings is 1. The molecule has 0 aliphatic carbocycles. The smallest absolute Gasteiger partial charge is 0.215 e. The molecule has 0 saturated carbocycles. The van der Waals surface area contributed by atoms with Gasteiger partial charge in [0, 0.05) is 23.3 Å². The van der Waals surface area contributed by atoms with Gasteiger partial charge in [0.2, 0.25) is 5.88 Å². The molecule has 0 amide bonds. The third-order valence-corrected chi connectivity index (χ3v) is 4.93. The molecule has 1 aromatic carbocycles. The van der Waals surface area contributed by atoms with Gasteiger partial charge in [0.1, 0.15) is 0 Å². The average molecular weight is 321 g/mol. The lowest BCUT2D eigenvalue weighted by Gasteiger charge is -2.23. The molecule has 0 unspecified atom stereocenters. The Labute approximate surface area is 142 Å². The van der Waals surface area contributed by atoms with Gasteiger partial charge in [-0.15, -0.1) is 0 Å². The van der Waals surface area contributed by atoms with E-state index in [1.54, 1.807) is 7.11 Å². The maximum atomic E-state index is 5.31. The number of hydrogen-bond acceptors (Lipinski definition) is 3. The quantitative estimate of drug-likeness (QED) is 0.797. The Morgan fingerprint density at radius 1 is 1.12 bits per heavy atom. The highest BCUT2D eigenvalue weighted by Crippen LogP contribution is 2.30. The van der Waals surface area contributed by atoms with Gasteiger partial charge in [0.25, 0.3) is 0 Å². The van der Waals surface area contributed by atoms with Crippen molar-refractivity contribution in [2.45, 2.75) is 25.7 Å². The zero-order valence-corrected chi connectivity index (χ0v) is 14.2. The zero-order valence-electron chi connectivity index (χ0n) is 14.2. The van der Waals surface area contributed by atoms with Crippen molar-refractivity contribution in [3.8, 4) is 11.6 Å². The number of aromatic nitrogens is 2. The van der Waals surface area contributed by atoms with Crippen molar-refractivity contribution < 1.29 is 4.74 Å². The first-order chi connectivity index (χ1) is 11.7. The monoisotopic (exact) mass is 321 g/mol. The summed E-state index contributed by atoms with van der Waals surface area (Å²) in [6.07, 6.45) is 4.59. The molecule has 1 aliphatic rings. The van der Waals surface area contributed by atoms with Crippen molar-refractivity contribution in [1.82, 2.24) is 14.9 Å². The molecule has 4 nitrogen and oxygen atoms in total. The normalized spacial score (nSPS) is 15.8. The number of benzene rings is 1. The predicted octanol–water partition coefficient (Wildman–Crippen LogP) is 3.81. The van der Waals surface area contributed by atoms with E-state index in [0.717, 1.165) is 24.5 Å². The van der Waals surface area contributed by atoms with Gasteiger partial charge in [0.05, 0.1) is 18.3 Å². The molecule has 1 saturated heterocycles. The Morgan fingerprint density at radius 3 is 2.75 bits per heavy atom. The lowest BCUT2D eigenvalue weighted by molar-refractivity contribution is 0.397. The molecule has 0 spiro atoms. The molecule has 3 heterocycles. The van der Waals surface area contributed by atoms with Crippen LogP contribution in [0.3, 0.4) is 0 Å². The van der Waals surface area contributed by atoms with Crippen LogP contribution < -0.4 is 10.1 Å². The highest BCUT2D eigenvalue weighted by Gasteiger charge is 2.16. The van der Waals surface area contributed by atoms with Crippen LogP contribution in [0.5, 0.6) is 5.88 Å². The number of nitrogens with zero attached hydrogens (tertiary/aromatic N) is 2. The van der Waals surface area contributed by atoms with Crippen molar-refractivity contribution in [1.29, 1.82) is 0 Å². The minimum Gasteiger partial charge on any atom is -0.481 e. The molecule has 3 aromatic rings. The molecule has 0 atom stereocenters. The van der Waals surface area contributed by atoms with E-state index in [1.807, 2.05) is 13.0 Å². The standard InChI is InChI=1S/C20H23N3O/c1-14-11-18(13-20(22-14)24-2)23-10-7-17-12-16(3-4-19(17)23)15-5-8-21-9-6-15/h3-4,7,10-13,15,21H,5-6,8-9H2,1-2H3. The van der Waals surface area contributed by atoms with Gasteiger partial charge in [-0.25, -0.2) is 4.98 Å². The van der Waals surface area contributed by atoms with Gasteiger partial charge in [-0.3, -0.25) is 0 Å². The number of methoxy groups -OCH3 is 1. The molecule has 4 rings (SSSR count). The van der Waals surface area contributed by atoms with E-state index in [0.29, 0.717) is 11.8 Å². The fraction of sp³-hybridized carbons (Fsp3) is 0.350. The number of fused-ring (bicyclic) bond motifs is 1. The fourth-order valence-corrected chi connectivity index (χ4v) is 3.66. The molecule has 124 valence electrons. The molecule has 0 radical (unpaired) electrons. The lowest BCUT2D eigenvalue weighted by Crippen LogP contribution is -2.26. The van der Waals surface area contributed by atoms with E-state index in [-0.39, 0.29) is 0 Å². The van der Waals surface area contributed by atoms with Crippen LogP contribution in [0.4, 0.5) is 0 Å². The van der Waals surface area contributed by atoms with Crippen molar-refractivity contribution in [3.05, 3.63) is 53.9 Å². The van der Waals surface area contributed by atoms with Crippen LogP contribution in [0.1, 0.15) is 30.0 Å². The minimum absolute atomic E-state index is 0.651. The van der Waals surface area contributed by atoms with E-state index >= 15 is 0 Å². The Bertz CT molecular complexity index is 862. The first-order valence-electron chi connectivity index (χ1n) is 8.59. The third-order valence-electron chi connectivity index (χ3n) is 4.93. The summed E-state index contributed by atoms with van der Waals surface area (Å²) in [5.41, 5.74) is 4.73. The van der Waals surface area contributed by atoms with Crippen LogP contribution in [-0.4, -0.2) is 29.8 Å². The van der Waals surface area contributed by atoms with Gasteiger partial charge >= 0.3 is 0 Å². The van der Waals surface area contributed by atoms with Gasteiger partial charge in [-0.1, -0.05) is 6.07 Å². The molecule has 4 heteroatoms. The summed E-state index contributed by atoms with van der Waals surface area (Å²) >= 11 is 0. The average Bonchev–Trinajstić information content (AvgIpc) is 3.05.